The van der Waals surface area contributed by atoms with Gasteiger partial charge in [0, 0.05) is 18.0 Å². The van der Waals surface area contributed by atoms with Gasteiger partial charge in [0.25, 0.3) is 0 Å². The van der Waals surface area contributed by atoms with Crippen LogP contribution in [-0.2, 0) is 17.6 Å². The minimum Gasteiger partial charge on any atom is -0.389 e. The predicted octanol–water partition coefficient (Wildman–Crippen LogP) is 2.46. The third-order valence-electron chi connectivity index (χ3n) is 4.25. The number of aliphatic hydroxyl groups is 1. The topological polar surface area (TPSA) is 54.4 Å². The quantitative estimate of drug-likeness (QED) is 0.774. The van der Waals surface area contributed by atoms with Crippen LogP contribution in [0.15, 0.2) is 0 Å². The van der Waals surface area contributed by atoms with Crippen LogP contribution in [0.5, 0.6) is 0 Å². The Morgan fingerprint density at radius 1 is 1.38 bits per heavy atom. The Kier molecular flexibility index (Phi) is 5.27. The largest absolute Gasteiger partial charge is 0.389 e. The van der Waals surface area contributed by atoms with E-state index in [4.69, 9.17) is 9.72 Å². The molecule has 0 amide bonds. The van der Waals surface area contributed by atoms with Crippen LogP contribution < -0.4 is 5.32 Å². The molecule has 1 aromatic heterocycles. The van der Waals surface area contributed by atoms with E-state index in [-0.39, 0.29) is 6.04 Å². The van der Waals surface area contributed by atoms with Gasteiger partial charge in [-0.2, -0.15) is 0 Å². The molecule has 1 heterocycles. The van der Waals surface area contributed by atoms with Crippen LogP contribution in [0.4, 0.5) is 0 Å². The average molecular weight is 310 g/mol. The first-order valence-corrected chi connectivity index (χ1v) is 9.01. The molecule has 2 aliphatic carbocycles. The molecule has 2 aliphatic rings. The third-order valence-corrected chi connectivity index (χ3v) is 5.59. The van der Waals surface area contributed by atoms with Crippen molar-refractivity contribution >= 4 is 11.3 Å². The average Bonchev–Trinajstić information content (AvgIpc) is 3.20. The van der Waals surface area contributed by atoms with Crippen LogP contribution in [0, 0.1) is 5.92 Å². The summed E-state index contributed by atoms with van der Waals surface area (Å²) in [4.78, 5) is 6.24. The minimum absolute atomic E-state index is 0.207. The van der Waals surface area contributed by atoms with Crippen molar-refractivity contribution in [2.75, 3.05) is 19.8 Å². The summed E-state index contributed by atoms with van der Waals surface area (Å²) in [5.74, 6) is 0.755. The lowest BCUT2D eigenvalue weighted by Gasteiger charge is -2.15. The Morgan fingerprint density at radius 2 is 2.19 bits per heavy atom. The van der Waals surface area contributed by atoms with Crippen LogP contribution in [0.25, 0.3) is 0 Å². The van der Waals surface area contributed by atoms with Crippen LogP contribution in [0.2, 0.25) is 0 Å². The summed E-state index contributed by atoms with van der Waals surface area (Å²) in [6, 6.07) is 0.207. The summed E-state index contributed by atoms with van der Waals surface area (Å²) >= 11 is 1.84. The van der Waals surface area contributed by atoms with Crippen LogP contribution in [0.3, 0.4) is 0 Å². The summed E-state index contributed by atoms with van der Waals surface area (Å²) in [5.41, 5.74) is 1.31. The molecule has 0 saturated heterocycles. The molecule has 3 rings (SSSR count). The van der Waals surface area contributed by atoms with Crippen LogP contribution in [-0.4, -0.2) is 36.0 Å². The van der Waals surface area contributed by atoms with Gasteiger partial charge in [-0.1, -0.05) is 0 Å². The maximum absolute atomic E-state index is 9.94. The number of rotatable bonds is 8. The lowest BCUT2D eigenvalue weighted by atomic mass is 10.0. The molecule has 0 aromatic carbocycles. The molecule has 0 aliphatic heterocycles. The van der Waals surface area contributed by atoms with Gasteiger partial charge in [0.15, 0.2) is 0 Å². The number of nitrogens with zero attached hydrogens (tertiary/aromatic N) is 1. The Hall–Kier alpha value is -0.490. The fourth-order valence-corrected chi connectivity index (χ4v) is 3.85. The highest BCUT2D eigenvalue weighted by molar-refractivity contribution is 7.11. The highest BCUT2D eigenvalue weighted by Gasteiger charge is 2.22. The van der Waals surface area contributed by atoms with E-state index in [2.05, 4.69) is 12.2 Å². The van der Waals surface area contributed by atoms with Gasteiger partial charge >= 0.3 is 0 Å². The molecule has 118 valence electrons. The molecule has 0 spiro atoms. The van der Waals surface area contributed by atoms with E-state index in [1.165, 1.54) is 42.7 Å². The number of aliphatic hydroxyl groups excluding tert-OH is 1. The predicted molar refractivity (Wildman–Crippen MR) is 84.7 cm³/mol. The zero-order valence-electron chi connectivity index (χ0n) is 12.8. The van der Waals surface area contributed by atoms with E-state index in [9.17, 15) is 5.11 Å². The van der Waals surface area contributed by atoms with Crippen LogP contribution >= 0.6 is 11.3 Å². The van der Waals surface area contributed by atoms with E-state index in [1.54, 1.807) is 0 Å². The second kappa shape index (κ2) is 7.18. The zero-order valence-corrected chi connectivity index (χ0v) is 13.6. The van der Waals surface area contributed by atoms with Gasteiger partial charge < -0.3 is 15.2 Å². The number of ether oxygens (including phenoxy) is 1. The first kappa shape index (κ1) is 15.4. The Bertz CT molecular complexity index is 436. The summed E-state index contributed by atoms with van der Waals surface area (Å²) in [6.07, 6.45) is 7.05. The molecule has 2 atom stereocenters. The molecule has 5 heteroatoms. The van der Waals surface area contributed by atoms with Gasteiger partial charge in [0.1, 0.15) is 5.01 Å². The van der Waals surface area contributed by atoms with E-state index in [1.807, 2.05) is 11.3 Å². The van der Waals surface area contributed by atoms with Gasteiger partial charge in [-0.3, -0.25) is 0 Å². The molecule has 1 fully saturated rings. The standard InChI is InChI=1S/C16H26N2O2S/c1-11(16-18-14-4-2-3-5-15(14)21-16)17-8-13(19)10-20-9-12-6-7-12/h11-13,17,19H,2-10H2,1H3. The smallest absolute Gasteiger partial charge is 0.110 e. The van der Waals surface area contributed by atoms with Gasteiger partial charge in [-0.05, 0) is 51.4 Å². The van der Waals surface area contributed by atoms with E-state index in [0.717, 1.165) is 24.0 Å². The lowest BCUT2D eigenvalue weighted by molar-refractivity contribution is 0.0315. The molecular weight excluding hydrogens is 284 g/mol. The highest BCUT2D eigenvalue weighted by atomic mass is 32.1. The van der Waals surface area contributed by atoms with Crippen molar-refractivity contribution in [2.45, 2.75) is 57.6 Å². The number of thiazole rings is 1. The lowest BCUT2D eigenvalue weighted by Crippen LogP contribution is -2.32. The summed E-state index contributed by atoms with van der Waals surface area (Å²) in [6.45, 7) is 3.94. The minimum atomic E-state index is -0.430. The SMILES string of the molecule is CC(NCC(O)COCC1CC1)c1nc2c(s1)CCCC2. The zero-order chi connectivity index (χ0) is 14.7. The maximum Gasteiger partial charge on any atom is 0.110 e. The molecule has 21 heavy (non-hydrogen) atoms. The maximum atomic E-state index is 9.94. The van der Waals surface area contributed by atoms with Crippen LogP contribution in [0.1, 0.15) is 54.2 Å². The number of aromatic nitrogens is 1. The van der Waals surface area contributed by atoms with Crippen molar-refractivity contribution in [3.8, 4) is 0 Å². The molecule has 4 nitrogen and oxygen atoms in total. The first-order chi connectivity index (χ1) is 10.2. The second-order valence-corrected chi connectivity index (χ2v) is 7.51. The van der Waals surface area contributed by atoms with Crippen molar-refractivity contribution < 1.29 is 9.84 Å². The van der Waals surface area contributed by atoms with E-state index >= 15 is 0 Å². The monoisotopic (exact) mass is 310 g/mol. The summed E-state index contributed by atoms with van der Waals surface area (Å²) in [5, 5.41) is 14.5. The fourth-order valence-electron chi connectivity index (χ4n) is 2.67. The Balaban J connectivity index is 1.40. The summed E-state index contributed by atoms with van der Waals surface area (Å²) in [7, 11) is 0. The second-order valence-electron chi connectivity index (χ2n) is 6.39. The van der Waals surface area contributed by atoms with Crippen molar-refractivity contribution in [3.63, 3.8) is 0 Å². The number of nitrogens with one attached hydrogen (secondary N) is 1. The molecule has 1 saturated carbocycles. The number of fused-ring (bicyclic) bond motifs is 1. The molecule has 1 aromatic rings. The normalized spacial score (nSPS) is 21.0. The number of aryl methyl sites for hydroxylation is 2. The van der Waals surface area contributed by atoms with Gasteiger partial charge in [-0.15, -0.1) is 11.3 Å². The Morgan fingerprint density at radius 3 is 2.95 bits per heavy atom. The molecular formula is C16H26N2O2S. The summed E-state index contributed by atoms with van der Waals surface area (Å²) < 4.78 is 5.52. The van der Waals surface area contributed by atoms with Gasteiger partial charge in [-0.25, -0.2) is 4.98 Å². The van der Waals surface area contributed by atoms with Crippen molar-refractivity contribution in [1.82, 2.24) is 10.3 Å². The number of hydrogen-bond donors (Lipinski definition) is 2. The molecule has 2 unspecified atom stereocenters. The van der Waals surface area contributed by atoms with Gasteiger partial charge in [0.05, 0.1) is 24.4 Å². The first-order valence-electron chi connectivity index (χ1n) is 8.20. The molecule has 2 N–H and O–H groups in total. The fraction of sp³-hybridized carbons (Fsp3) is 0.812. The van der Waals surface area contributed by atoms with Crippen molar-refractivity contribution in [2.24, 2.45) is 5.92 Å². The van der Waals surface area contributed by atoms with Crippen molar-refractivity contribution in [3.05, 3.63) is 15.6 Å². The molecule has 0 radical (unpaired) electrons. The third kappa shape index (κ3) is 4.49. The van der Waals surface area contributed by atoms with E-state index in [0.29, 0.717) is 13.2 Å². The van der Waals surface area contributed by atoms with E-state index < -0.39 is 6.10 Å². The Labute approximate surface area is 130 Å². The van der Waals surface area contributed by atoms with Gasteiger partial charge in [0.2, 0.25) is 0 Å². The van der Waals surface area contributed by atoms with Crippen molar-refractivity contribution in [1.29, 1.82) is 0 Å². The molecule has 0 bridgehead atoms. The highest BCUT2D eigenvalue weighted by Crippen LogP contribution is 2.30. The number of hydrogen-bond acceptors (Lipinski definition) is 5.